The second-order valence-electron chi connectivity index (χ2n) is 9.33. The van der Waals surface area contributed by atoms with E-state index < -0.39 is 36.0 Å². The highest BCUT2D eigenvalue weighted by Crippen LogP contribution is 2.58. The fourth-order valence-electron chi connectivity index (χ4n) is 5.63. The number of amides is 2. The number of aliphatic carboxylic acids is 1. The van der Waals surface area contributed by atoms with Gasteiger partial charge in [-0.25, -0.2) is 0 Å². The molecule has 1 aliphatic carbocycles. The van der Waals surface area contributed by atoms with Crippen molar-refractivity contribution in [1.29, 1.82) is 0 Å². The average Bonchev–Trinajstić information content (AvgIpc) is 3.57. The van der Waals surface area contributed by atoms with Crippen LogP contribution in [-0.2, 0) is 19.9 Å². The molecule has 0 aromatic heterocycles. The van der Waals surface area contributed by atoms with Crippen molar-refractivity contribution in [3.8, 4) is 0 Å². The molecule has 2 aromatic carbocycles. The first kappa shape index (κ1) is 23.1. The number of carboxylic acid groups (broad SMARTS) is 1. The number of likely N-dealkylation sites (tertiary alicyclic amines) is 1. The van der Waals surface area contributed by atoms with Crippen molar-refractivity contribution < 1.29 is 24.6 Å². The van der Waals surface area contributed by atoms with Gasteiger partial charge in [0.05, 0.1) is 12.1 Å². The van der Waals surface area contributed by atoms with Gasteiger partial charge in [0.1, 0.15) is 6.73 Å². The van der Waals surface area contributed by atoms with Crippen LogP contribution in [0.5, 0.6) is 0 Å². The number of hydrogen-bond acceptors (Lipinski definition) is 4. The number of benzene rings is 2. The summed E-state index contributed by atoms with van der Waals surface area (Å²) in [5, 5.41) is 20.6. The van der Waals surface area contributed by atoms with Crippen LogP contribution in [-0.4, -0.2) is 46.2 Å². The molecule has 9 heteroatoms. The molecular weight excluding hydrogens is 479 g/mol. The number of carbonyl (C=O) groups excluding carboxylic acids is 2. The summed E-state index contributed by atoms with van der Waals surface area (Å²) in [5.41, 5.74) is 0.355. The van der Waals surface area contributed by atoms with Crippen molar-refractivity contribution >= 4 is 46.7 Å². The molecule has 0 radical (unpaired) electrons. The van der Waals surface area contributed by atoms with Crippen molar-refractivity contribution in [2.24, 2.45) is 11.8 Å². The lowest BCUT2D eigenvalue weighted by atomic mass is 9.66. The molecule has 2 aromatic rings. The summed E-state index contributed by atoms with van der Waals surface area (Å²) < 4.78 is 0. The van der Waals surface area contributed by atoms with Crippen LogP contribution in [0.3, 0.4) is 0 Å². The number of aliphatic hydroxyl groups is 1. The number of carbonyl (C=O) groups is 3. The van der Waals surface area contributed by atoms with Gasteiger partial charge in [0.15, 0.2) is 5.54 Å². The van der Waals surface area contributed by atoms with Crippen LogP contribution in [0.1, 0.15) is 42.7 Å². The molecule has 1 spiro atoms. The summed E-state index contributed by atoms with van der Waals surface area (Å²) in [6, 6.07) is 12.2. The van der Waals surface area contributed by atoms with E-state index in [0.29, 0.717) is 27.8 Å². The third-order valence-electron chi connectivity index (χ3n) is 7.25. The quantitative estimate of drug-likeness (QED) is 0.621. The molecule has 2 heterocycles. The van der Waals surface area contributed by atoms with Crippen LogP contribution in [0.25, 0.3) is 0 Å². The smallest absolute Gasteiger partial charge is 0.304 e. The Bertz CT molecular complexity index is 1180. The van der Waals surface area contributed by atoms with E-state index in [-0.39, 0.29) is 24.7 Å². The summed E-state index contributed by atoms with van der Waals surface area (Å²) in [5.74, 6) is -2.92. The maximum Gasteiger partial charge on any atom is 0.304 e. The van der Waals surface area contributed by atoms with Crippen LogP contribution in [0, 0.1) is 11.8 Å². The number of aliphatic hydroxyl groups excluding tert-OH is 1. The Morgan fingerprint density at radius 1 is 1.09 bits per heavy atom. The molecule has 3 atom stereocenters. The van der Waals surface area contributed by atoms with Crippen molar-refractivity contribution in [2.75, 3.05) is 18.2 Å². The molecule has 0 bridgehead atoms. The van der Waals surface area contributed by atoms with Gasteiger partial charge < -0.3 is 15.1 Å². The fourth-order valence-corrected chi connectivity index (χ4v) is 6.00. The Kier molecular flexibility index (Phi) is 5.82. The van der Waals surface area contributed by atoms with Crippen molar-refractivity contribution in [2.45, 2.75) is 37.1 Å². The maximum atomic E-state index is 14.2. The van der Waals surface area contributed by atoms with E-state index in [4.69, 9.17) is 23.2 Å². The summed E-state index contributed by atoms with van der Waals surface area (Å²) in [6.07, 6.45) is 1.73. The van der Waals surface area contributed by atoms with Gasteiger partial charge in [-0.3, -0.25) is 19.3 Å². The standard InChI is InChI=1S/C25H24Cl2N2O5/c26-17-3-1-2-15(8-17)20-9-16(10-22(31)32)23(33)29(12-14-4-5-14)25(20)19-7-6-18(27)11-21(19)28(13-30)24(25)34/h1-3,6-8,11,14,16,20,30H,4-5,9-10,12-13H2,(H,31,32)/t16?,20-,25+/m1/s1. The minimum Gasteiger partial charge on any atom is -0.481 e. The topological polar surface area (TPSA) is 98.2 Å². The molecule has 5 rings (SSSR count). The predicted molar refractivity (Wildman–Crippen MR) is 127 cm³/mol. The number of nitrogens with zero attached hydrogens (tertiary/aromatic N) is 2. The van der Waals surface area contributed by atoms with Crippen LogP contribution < -0.4 is 4.90 Å². The Morgan fingerprint density at radius 3 is 2.47 bits per heavy atom. The highest BCUT2D eigenvalue weighted by molar-refractivity contribution is 6.31. The first-order valence-corrected chi connectivity index (χ1v) is 12.0. The molecule has 1 saturated heterocycles. The monoisotopic (exact) mass is 502 g/mol. The molecule has 1 saturated carbocycles. The lowest BCUT2D eigenvalue weighted by molar-refractivity contribution is -0.161. The second-order valence-corrected chi connectivity index (χ2v) is 10.2. The Balaban J connectivity index is 1.78. The zero-order valence-electron chi connectivity index (χ0n) is 18.3. The van der Waals surface area contributed by atoms with Crippen LogP contribution >= 0.6 is 23.2 Å². The predicted octanol–water partition coefficient (Wildman–Crippen LogP) is 4.00. The van der Waals surface area contributed by atoms with Gasteiger partial charge >= 0.3 is 5.97 Å². The van der Waals surface area contributed by atoms with E-state index in [1.54, 1.807) is 41.3 Å². The first-order valence-electron chi connectivity index (χ1n) is 11.3. The molecular formula is C25H24Cl2N2O5. The van der Waals surface area contributed by atoms with Crippen molar-refractivity contribution in [1.82, 2.24) is 4.90 Å². The van der Waals surface area contributed by atoms with E-state index in [2.05, 4.69) is 0 Å². The Hall–Kier alpha value is -2.61. The third kappa shape index (κ3) is 3.58. The average molecular weight is 503 g/mol. The number of anilines is 1. The summed E-state index contributed by atoms with van der Waals surface area (Å²) >= 11 is 12.6. The number of piperidine rings is 1. The van der Waals surface area contributed by atoms with Crippen LogP contribution in [0.2, 0.25) is 10.0 Å². The molecule has 34 heavy (non-hydrogen) atoms. The molecule has 1 unspecified atom stereocenters. The van der Waals surface area contributed by atoms with Gasteiger partial charge in [0.2, 0.25) is 5.91 Å². The largest absolute Gasteiger partial charge is 0.481 e. The molecule has 2 N–H and O–H groups in total. The third-order valence-corrected chi connectivity index (χ3v) is 7.72. The van der Waals surface area contributed by atoms with Gasteiger partial charge in [-0.15, -0.1) is 0 Å². The highest BCUT2D eigenvalue weighted by atomic mass is 35.5. The van der Waals surface area contributed by atoms with Gasteiger partial charge in [0.25, 0.3) is 5.91 Å². The maximum absolute atomic E-state index is 14.2. The highest BCUT2D eigenvalue weighted by Gasteiger charge is 2.64. The molecule has 2 fully saturated rings. The zero-order valence-corrected chi connectivity index (χ0v) is 19.8. The van der Waals surface area contributed by atoms with Gasteiger partial charge in [-0.05, 0) is 55.0 Å². The number of rotatable bonds is 6. The number of hydrogen-bond donors (Lipinski definition) is 2. The summed E-state index contributed by atoms with van der Waals surface area (Å²) in [6.45, 7) is -0.223. The zero-order chi connectivity index (χ0) is 24.2. The van der Waals surface area contributed by atoms with Crippen LogP contribution in [0.15, 0.2) is 42.5 Å². The van der Waals surface area contributed by atoms with Crippen molar-refractivity contribution in [3.05, 3.63) is 63.6 Å². The van der Waals surface area contributed by atoms with Gasteiger partial charge in [-0.1, -0.05) is 41.4 Å². The van der Waals surface area contributed by atoms with Crippen LogP contribution in [0.4, 0.5) is 5.69 Å². The fraction of sp³-hybridized carbons (Fsp3) is 0.400. The Morgan fingerprint density at radius 2 is 1.82 bits per heavy atom. The van der Waals surface area contributed by atoms with E-state index in [9.17, 15) is 24.6 Å². The molecule has 3 aliphatic rings. The number of halogens is 2. The molecule has 178 valence electrons. The molecule has 2 aliphatic heterocycles. The molecule has 2 amide bonds. The second kappa shape index (κ2) is 8.56. The SMILES string of the molecule is O=C(O)CC1C[C@H](c2cccc(Cl)c2)[C@@]2(C(=O)N(CO)c3cc(Cl)ccc32)N(CC2CC2)C1=O. The lowest BCUT2D eigenvalue weighted by Gasteiger charge is -2.51. The minimum absolute atomic E-state index is 0.166. The molecule has 7 nitrogen and oxygen atoms in total. The number of carboxylic acids is 1. The normalized spacial score (nSPS) is 26.3. The summed E-state index contributed by atoms with van der Waals surface area (Å²) in [7, 11) is 0. The van der Waals surface area contributed by atoms with E-state index in [1.165, 1.54) is 4.90 Å². The van der Waals surface area contributed by atoms with E-state index in [0.717, 1.165) is 18.4 Å². The summed E-state index contributed by atoms with van der Waals surface area (Å²) in [4.78, 5) is 42.5. The Labute approximate surface area is 206 Å². The van der Waals surface area contributed by atoms with Crippen molar-refractivity contribution in [3.63, 3.8) is 0 Å². The van der Waals surface area contributed by atoms with Gasteiger partial charge in [0, 0.05) is 34.0 Å². The number of fused-ring (bicyclic) bond motifs is 2. The first-order chi connectivity index (χ1) is 16.3. The van der Waals surface area contributed by atoms with Gasteiger partial charge in [-0.2, -0.15) is 0 Å². The van der Waals surface area contributed by atoms with E-state index in [1.807, 2.05) is 6.07 Å². The minimum atomic E-state index is -1.43. The van der Waals surface area contributed by atoms with E-state index >= 15 is 0 Å². The lowest BCUT2D eigenvalue weighted by Crippen LogP contribution is -2.64.